The summed E-state index contributed by atoms with van der Waals surface area (Å²) in [5, 5.41) is 0.434. The van der Waals surface area contributed by atoms with Crippen molar-refractivity contribution in [1.29, 1.82) is 0 Å². The number of hydrogen-bond donors (Lipinski definition) is 1. The van der Waals surface area contributed by atoms with E-state index < -0.39 is 0 Å². The molecular weight excluding hydrogens is 348 g/mol. The highest BCUT2D eigenvalue weighted by Gasteiger charge is 2.12. The summed E-state index contributed by atoms with van der Waals surface area (Å²) in [5.41, 5.74) is 1.19. The highest BCUT2D eigenvalue weighted by Crippen LogP contribution is 2.32. The van der Waals surface area contributed by atoms with Crippen molar-refractivity contribution in [2.24, 2.45) is 0 Å². The van der Waals surface area contributed by atoms with Crippen molar-refractivity contribution in [3.63, 3.8) is 0 Å². The summed E-state index contributed by atoms with van der Waals surface area (Å²) < 4.78 is 21.6. The maximum Gasteiger partial charge on any atom is 0.259 e. The van der Waals surface area contributed by atoms with Crippen molar-refractivity contribution < 1.29 is 18.9 Å². The first-order valence-corrected chi connectivity index (χ1v) is 8.42. The third-order valence-corrected chi connectivity index (χ3v) is 4.23. The van der Waals surface area contributed by atoms with Gasteiger partial charge >= 0.3 is 0 Å². The van der Waals surface area contributed by atoms with Gasteiger partial charge in [-0.15, -0.1) is 0 Å². The average molecular weight is 366 g/mol. The van der Waals surface area contributed by atoms with Gasteiger partial charge in [-0.3, -0.25) is 4.79 Å². The summed E-state index contributed by atoms with van der Waals surface area (Å²) in [6.45, 7) is 1.09. The topological polar surface area (TPSA) is 82.7 Å². The van der Waals surface area contributed by atoms with Crippen LogP contribution >= 0.6 is 0 Å². The van der Waals surface area contributed by atoms with Crippen molar-refractivity contribution in [2.75, 3.05) is 27.4 Å². The van der Waals surface area contributed by atoms with Crippen LogP contribution in [0.5, 0.6) is 23.0 Å². The maximum atomic E-state index is 12.4. The van der Waals surface area contributed by atoms with Crippen LogP contribution in [0.3, 0.4) is 0 Å². The van der Waals surface area contributed by atoms with Gasteiger partial charge in [0.05, 0.1) is 25.1 Å². The predicted molar refractivity (Wildman–Crippen MR) is 102 cm³/mol. The molecule has 0 aliphatic carbocycles. The van der Waals surface area contributed by atoms with E-state index >= 15 is 0 Å². The molecule has 0 radical (unpaired) electrons. The molecule has 7 nitrogen and oxygen atoms in total. The number of aromatic amines is 1. The zero-order chi connectivity index (χ0) is 18.8. The molecule has 4 rings (SSSR count). The minimum absolute atomic E-state index is 0.247. The lowest BCUT2D eigenvalue weighted by molar-refractivity contribution is 0.171. The van der Waals surface area contributed by atoms with Crippen molar-refractivity contribution >= 4 is 23.1 Å². The molecule has 0 amide bonds. The molecule has 0 fully saturated rings. The van der Waals surface area contributed by atoms with Gasteiger partial charge in [-0.25, -0.2) is 4.98 Å². The molecule has 27 heavy (non-hydrogen) atoms. The van der Waals surface area contributed by atoms with E-state index in [1.54, 1.807) is 25.3 Å². The number of benzene rings is 2. The van der Waals surface area contributed by atoms with Gasteiger partial charge in [0.1, 0.15) is 19.0 Å². The van der Waals surface area contributed by atoms with Crippen LogP contribution in [0, 0.1) is 0 Å². The quantitative estimate of drug-likeness (QED) is 0.765. The molecule has 0 bridgehead atoms. The lowest BCUT2D eigenvalue weighted by Gasteiger charge is -2.18. The molecule has 0 unspecified atom stereocenters. The van der Waals surface area contributed by atoms with Crippen molar-refractivity contribution in [3.8, 4) is 23.0 Å². The number of rotatable bonds is 4. The summed E-state index contributed by atoms with van der Waals surface area (Å²) in [6, 6.07) is 8.97. The summed E-state index contributed by atoms with van der Waals surface area (Å²) in [6.07, 6.45) is 3.59. The number of fused-ring (bicyclic) bond motifs is 2. The van der Waals surface area contributed by atoms with Gasteiger partial charge in [-0.2, -0.15) is 0 Å². The zero-order valence-corrected chi connectivity index (χ0v) is 14.9. The number of ether oxygens (including phenoxy) is 4. The molecule has 0 spiro atoms. The van der Waals surface area contributed by atoms with Gasteiger partial charge in [-0.05, 0) is 29.8 Å². The lowest BCUT2D eigenvalue weighted by Crippen LogP contribution is -2.15. The van der Waals surface area contributed by atoms with Crippen molar-refractivity contribution in [2.45, 2.75) is 0 Å². The normalized spacial score (nSPS) is 13.1. The van der Waals surface area contributed by atoms with E-state index in [1.165, 1.54) is 7.11 Å². The van der Waals surface area contributed by atoms with Gasteiger partial charge in [-0.1, -0.05) is 12.1 Å². The van der Waals surface area contributed by atoms with Gasteiger partial charge in [0.2, 0.25) is 0 Å². The van der Waals surface area contributed by atoms with E-state index in [4.69, 9.17) is 18.9 Å². The Kier molecular flexibility index (Phi) is 4.42. The van der Waals surface area contributed by atoms with Crippen LogP contribution in [0.1, 0.15) is 11.4 Å². The first-order valence-electron chi connectivity index (χ1n) is 8.42. The Morgan fingerprint density at radius 2 is 1.74 bits per heavy atom. The fraction of sp³-hybridized carbons (Fsp3) is 0.200. The Balaban J connectivity index is 1.69. The van der Waals surface area contributed by atoms with Gasteiger partial charge in [0, 0.05) is 6.07 Å². The number of aromatic nitrogens is 2. The summed E-state index contributed by atoms with van der Waals surface area (Å²) in [4.78, 5) is 19.7. The fourth-order valence-corrected chi connectivity index (χ4v) is 2.90. The van der Waals surface area contributed by atoms with Crippen LogP contribution in [-0.4, -0.2) is 37.4 Å². The van der Waals surface area contributed by atoms with E-state index in [2.05, 4.69) is 9.97 Å². The third-order valence-electron chi connectivity index (χ3n) is 4.23. The van der Waals surface area contributed by atoms with Gasteiger partial charge < -0.3 is 23.9 Å². The first-order chi connectivity index (χ1) is 13.2. The smallest absolute Gasteiger partial charge is 0.259 e. The molecule has 1 aliphatic rings. The molecular formula is C20H18N2O5. The Hall–Kier alpha value is -3.48. The van der Waals surface area contributed by atoms with E-state index in [0.29, 0.717) is 47.2 Å². The standard InChI is InChI=1S/C20H18N2O5/c1-24-16-10-13-14(11-17(16)25-2)21-19(22-20(13)23)6-4-12-3-5-15-18(9-12)27-8-7-26-15/h3-6,9-11H,7-8H2,1-2H3,(H,21,22,23)/b6-4+. The monoisotopic (exact) mass is 366 g/mol. The second kappa shape index (κ2) is 7.03. The maximum absolute atomic E-state index is 12.4. The Labute approximate surface area is 155 Å². The molecule has 7 heteroatoms. The van der Waals surface area contributed by atoms with E-state index in [1.807, 2.05) is 24.3 Å². The van der Waals surface area contributed by atoms with E-state index in [9.17, 15) is 4.79 Å². The lowest BCUT2D eigenvalue weighted by atomic mass is 10.1. The number of methoxy groups -OCH3 is 2. The molecule has 0 atom stereocenters. The number of nitrogens with one attached hydrogen (secondary N) is 1. The van der Waals surface area contributed by atoms with Crippen LogP contribution in [0.15, 0.2) is 35.1 Å². The first kappa shape index (κ1) is 17.0. The van der Waals surface area contributed by atoms with Crippen molar-refractivity contribution in [3.05, 3.63) is 52.1 Å². The van der Waals surface area contributed by atoms with Crippen LogP contribution < -0.4 is 24.5 Å². The van der Waals surface area contributed by atoms with Crippen LogP contribution in [0.2, 0.25) is 0 Å². The highest BCUT2D eigenvalue weighted by atomic mass is 16.6. The van der Waals surface area contributed by atoms with E-state index in [0.717, 1.165) is 11.3 Å². The molecule has 1 aromatic heterocycles. The molecule has 3 aromatic rings. The predicted octanol–water partition coefficient (Wildman–Crippen LogP) is 2.88. The summed E-state index contributed by atoms with van der Waals surface area (Å²) in [5.74, 6) is 2.88. The number of H-pyrrole nitrogens is 1. The molecule has 0 saturated heterocycles. The fourth-order valence-electron chi connectivity index (χ4n) is 2.90. The Bertz CT molecular complexity index is 1090. The van der Waals surface area contributed by atoms with E-state index in [-0.39, 0.29) is 5.56 Å². The van der Waals surface area contributed by atoms with Crippen LogP contribution in [0.25, 0.3) is 23.1 Å². The number of hydrogen-bond acceptors (Lipinski definition) is 6. The molecule has 1 N–H and O–H groups in total. The molecule has 1 aliphatic heterocycles. The number of nitrogens with zero attached hydrogens (tertiary/aromatic N) is 1. The highest BCUT2D eigenvalue weighted by molar-refractivity contribution is 5.83. The summed E-state index contributed by atoms with van der Waals surface area (Å²) >= 11 is 0. The second-order valence-corrected chi connectivity index (χ2v) is 5.91. The Morgan fingerprint density at radius 1 is 1.00 bits per heavy atom. The van der Waals surface area contributed by atoms with Crippen molar-refractivity contribution in [1.82, 2.24) is 9.97 Å². The summed E-state index contributed by atoms with van der Waals surface area (Å²) in [7, 11) is 3.06. The molecule has 138 valence electrons. The minimum atomic E-state index is -0.247. The Morgan fingerprint density at radius 3 is 2.52 bits per heavy atom. The SMILES string of the molecule is COc1cc2nc(/C=C/c3ccc4c(c3)OCCO4)[nH]c(=O)c2cc1OC. The largest absolute Gasteiger partial charge is 0.493 e. The van der Waals surface area contributed by atoms with Gasteiger partial charge in [0.15, 0.2) is 23.0 Å². The molecule has 0 saturated carbocycles. The van der Waals surface area contributed by atoms with Gasteiger partial charge in [0.25, 0.3) is 5.56 Å². The van der Waals surface area contributed by atoms with Crippen LogP contribution in [-0.2, 0) is 0 Å². The third kappa shape index (κ3) is 3.31. The minimum Gasteiger partial charge on any atom is -0.493 e. The molecule has 2 heterocycles. The molecule has 2 aromatic carbocycles. The zero-order valence-electron chi connectivity index (χ0n) is 14.9. The van der Waals surface area contributed by atoms with Crippen LogP contribution in [0.4, 0.5) is 0 Å². The second-order valence-electron chi connectivity index (χ2n) is 5.91. The average Bonchev–Trinajstić information content (AvgIpc) is 2.71.